The fourth-order valence-electron chi connectivity index (χ4n) is 1.62. The third-order valence-electron chi connectivity index (χ3n) is 2.57. The summed E-state index contributed by atoms with van der Waals surface area (Å²) in [5.41, 5.74) is 4.83. The summed E-state index contributed by atoms with van der Waals surface area (Å²) in [4.78, 5) is -0.492. The molecule has 2 N–H and O–H groups in total. The Morgan fingerprint density at radius 2 is 2.11 bits per heavy atom. The molecular formula is C12H12F3NOS. The molecule has 1 aromatic rings. The van der Waals surface area contributed by atoms with Gasteiger partial charge in [0.15, 0.2) is 4.93 Å². The zero-order chi connectivity index (χ0) is 13.4. The van der Waals surface area contributed by atoms with Crippen LogP contribution in [0.1, 0.15) is 18.9 Å². The highest BCUT2D eigenvalue weighted by molar-refractivity contribution is 8.03. The SMILES string of the molecule is CC1(Oc2ccc(C(F)(F)F)cc2N)CC=CS1. The number of ether oxygens (including phenoxy) is 1. The molecule has 1 aromatic carbocycles. The maximum atomic E-state index is 12.5. The van der Waals surface area contributed by atoms with Gasteiger partial charge in [0.1, 0.15) is 5.75 Å². The summed E-state index contributed by atoms with van der Waals surface area (Å²) in [5.74, 6) is 0.279. The normalized spacial score (nSPS) is 23.3. The number of rotatable bonds is 2. The molecule has 18 heavy (non-hydrogen) atoms. The van der Waals surface area contributed by atoms with Crippen LogP contribution >= 0.6 is 11.8 Å². The molecule has 0 aromatic heterocycles. The molecule has 0 saturated heterocycles. The van der Waals surface area contributed by atoms with Gasteiger partial charge >= 0.3 is 6.18 Å². The monoisotopic (exact) mass is 275 g/mol. The largest absolute Gasteiger partial charge is 0.474 e. The molecule has 98 valence electrons. The van der Waals surface area contributed by atoms with Crippen molar-refractivity contribution in [2.45, 2.75) is 24.5 Å². The molecule has 0 bridgehead atoms. The van der Waals surface area contributed by atoms with Gasteiger partial charge < -0.3 is 10.5 Å². The molecule has 1 aliphatic heterocycles. The van der Waals surface area contributed by atoms with Gasteiger partial charge in [0.25, 0.3) is 0 Å². The van der Waals surface area contributed by atoms with Gasteiger partial charge in [-0.2, -0.15) is 13.2 Å². The molecule has 0 radical (unpaired) electrons. The van der Waals surface area contributed by atoms with Crippen molar-refractivity contribution in [3.63, 3.8) is 0 Å². The van der Waals surface area contributed by atoms with Gasteiger partial charge in [0, 0.05) is 6.42 Å². The Labute approximate surface area is 107 Å². The van der Waals surface area contributed by atoms with Crippen LogP contribution in [0.3, 0.4) is 0 Å². The van der Waals surface area contributed by atoms with E-state index < -0.39 is 16.7 Å². The molecule has 0 saturated carbocycles. The van der Waals surface area contributed by atoms with Gasteiger partial charge in [-0.3, -0.25) is 0 Å². The quantitative estimate of drug-likeness (QED) is 0.827. The number of hydrogen-bond acceptors (Lipinski definition) is 3. The molecule has 0 aliphatic carbocycles. The maximum absolute atomic E-state index is 12.5. The third kappa shape index (κ3) is 2.75. The van der Waals surface area contributed by atoms with Crippen LogP contribution in [0.15, 0.2) is 29.7 Å². The van der Waals surface area contributed by atoms with Crippen LogP contribution in [0, 0.1) is 0 Å². The lowest BCUT2D eigenvalue weighted by Crippen LogP contribution is -2.25. The number of nitrogen functional groups attached to an aromatic ring is 1. The van der Waals surface area contributed by atoms with Crippen molar-refractivity contribution in [2.75, 3.05) is 5.73 Å². The summed E-state index contributed by atoms with van der Waals surface area (Å²) in [6, 6.07) is 3.14. The van der Waals surface area contributed by atoms with Crippen molar-refractivity contribution < 1.29 is 17.9 Å². The van der Waals surface area contributed by atoms with E-state index in [2.05, 4.69) is 0 Å². The van der Waals surface area contributed by atoms with Gasteiger partial charge in [-0.05, 0) is 30.5 Å². The van der Waals surface area contributed by atoms with Crippen LogP contribution in [0.4, 0.5) is 18.9 Å². The molecule has 2 nitrogen and oxygen atoms in total. The van der Waals surface area contributed by atoms with E-state index >= 15 is 0 Å². The van der Waals surface area contributed by atoms with E-state index in [1.807, 2.05) is 18.4 Å². The average Bonchev–Trinajstić information content (AvgIpc) is 2.67. The molecule has 0 fully saturated rings. The molecular weight excluding hydrogens is 263 g/mol. The zero-order valence-corrected chi connectivity index (χ0v) is 10.4. The standard InChI is InChI=1S/C12H12F3NOS/c1-11(5-2-6-18-11)17-10-4-3-8(7-9(10)16)12(13,14)15/h2-4,6-7H,5,16H2,1H3. The van der Waals surface area contributed by atoms with Crippen molar-refractivity contribution in [2.24, 2.45) is 0 Å². The molecule has 2 rings (SSSR count). The predicted molar refractivity (Wildman–Crippen MR) is 66.2 cm³/mol. The Hall–Kier alpha value is -1.30. The molecule has 1 heterocycles. The highest BCUT2D eigenvalue weighted by Gasteiger charge is 2.32. The van der Waals surface area contributed by atoms with Crippen molar-refractivity contribution in [3.05, 3.63) is 35.2 Å². The maximum Gasteiger partial charge on any atom is 0.416 e. The highest BCUT2D eigenvalue weighted by Crippen LogP contribution is 2.41. The van der Waals surface area contributed by atoms with Gasteiger partial charge in [-0.1, -0.05) is 17.8 Å². The van der Waals surface area contributed by atoms with Crippen LogP contribution < -0.4 is 10.5 Å². The van der Waals surface area contributed by atoms with E-state index in [9.17, 15) is 13.2 Å². The summed E-state index contributed by atoms with van der Waals surface area (Å²) >= 11 is 1.48. The lowest BCUT2D eigenvalue weighted by molar-refractivity contribution is -0.137. The Kier molecular flexibility index (Phi) is 3.23. The minimum absolute atomic E-state index is 0.00134. The summed E-state index contributed by atoms with van der Waals surface area (Å²) in [5, 5.41) is 1.90. The summed E-state index contributed by atoms with van der Waals surface area (Å²) in [7, 11) is 0. The Morgan fingerprint density at radius 3 is 2.61 bits per heavy atom. The van der Waals surface area contributed by atoms with E-state index in [1.165, 1.54) is 17.8 Å². The number of hydrogen-bond donors (Lipinski definition) is 1. The number of thioether (sulfide) groups is 1. The van der Waals surface area contributed by atoms with E-state index in [0.717, 1.165) is 12.1 Å². The lowest BCUT2D eigenvalue weighted by atomic mass is 10.2. The summed E-state index contributed by atoms with van der Waals surface area (Å²) in [6.07, 6.45) is -1.75. The van der Waals surface area contributed by atoms with Gasteiger partial charge in [0.05, 0.1) is 11.3 Å². The smallest absolute Gasteiger partial charge is 0.416 e. The number of alkyl halides is 3. The first-order chi connectivity index (χ1) is 8.30. The second-order valence-corrected chi connectivity index (χ2v) is 5.55. The van der Waals surface area contributed by atoms with E-state index in [1.54, 1.807) is 0 Å². The van der Waals surface area contributed by atoms with E-state index in [0.29, 0.717) is 6.42 Å². The Balaban J connectivity index is 2.20. The molecule has 1 atom stereocenters. The third-order valence-corrected chi connectivity index (χ3v) is 3.64. The zero-order valence-electron chi connectivity index (χ0n) is 9.62. The van der Waals surface area contributed by atoms with Crippen molar-refractivity contribution in [1.82, 2.24) is 0 Å². The highest BCUT2D eigenvalue weighted by atomic mass is 32.2. The molecule has 0 amide bonds. The second-order valence-electron chi connectivity index (χ2n) is 4.18. The van der Waals surface area contributed by atoms with Crippen LogP contribution in [0.5, 0.6) is 5.75 Å². The Morgan fingerprint density at radius 1 is 1.39 bits per heavy atom. The van der Waals surface area contributed by atoms with Crippen molar-refractivity contribution in [1.29, 1.82) is 0 Å². The fraction of sp³-hybridized carbons (Fsp3) is 0.333. The number of benzene rings is 1. The first-order valence-electron chi connectivity index (χ1n) is 5.29. The van der Waals surface area contributed by atoms with Crippen molar-refractivity contribution in [3.8, 4) is 5.75 Å². The van der Waals surface area contributed by atoms with Crippen LogP contribution in [0.25, 0.3) is 0 Å². The van der Waals surface area contributed by atoms with E-state index in [-0.39, 0.29) is 11.4 Å². The molecule has 6 heteroatoms. The average molecular weight is 275 g/mol. The number of nitrogens with two attached hydrogens (primary N) is 1. The Bertz CT molecular complexity index is 477. The first-order valence-corrected chi connectivity index (χ1v) is 6.17. The minimum atomic E-state index is -4.39. The van der Waals surface area contributed by atoms with E-state index in [4.69, 9.17) is 10.5 Å². The number of anilines is 1. The molecule has 1 aliphatic rings. The van der Waals surface area contributed by atoms with Crippen molar-refractivity contribution >= 4 is 17.4 Å². The van der Waals surface area contributed by atoms with Gasteiger partial charge in [-0.15, -0.1) is 0 Å². The fourth-order valence-corrected chi connectivity index (χ4v) is 2.43. The van der Waals surface area contributed by atoms with Crippen LogP contribution in [-0.2, 0) is 6.18 Å². The van der Waals surface area contributed by atoms with Gasteiger partial charge in [-0.25, -0.2) is 0 Å². The van der Waals surface area contributed by atoms with Crippen LogP contribution in [0.2, 0.25) is 0 Å². The number of halogens is 3. The predicted octanol–water partition coefficient (Wildman–Crippen LogP) is 4.03. The second kappa shape index (κ2) is 4.42. The first kappa shape index (κ1) is 13.1. The topological polar surface area (TPSA) is 35.2 Å². The summed E-state index contributed by atoms with van der Waals surface area (Å²) in [6.45, 7) is 1.87. The lowest BCUT2D eigenvalue weighted by Gasteiger charge is -2.25. The van der Waals surface area contributed by atoms with Crippen LogP contribution in [-0.4, -0.2) is 4.93 Å². The molecule has 1 unspecified atom stereocenters. The molecule has 0 spiro atoms. The summed E-state index contributed by atoms with van der Waals surface area (Å²) < 4.78 is 43.1. The van der Waals surface area contributed by atoms with Gasteiger partial charge in [0.2, 0.25) is 0 Å². The minimum Gasteiger partial charge on any atom is -0.474 e.